The number of ether oxygens (including phenoxy) is 1. The molecule has 0 heterocycles. The maximum Gasteiger partial charge on any atom is 0.265 e. The van der Waals surface area contributed by atoms with Gasteiger partial charge in [-0.3, -0.25) is 4.79 Å². The second-order valence-electron chi connectivity index (χ2n) is 4.24. The molecule has 0 saturated carbocycles. The zero-order valence-electron chi connectivity index (χ0n) is 10.8. The van der Waals surface area contributed by atoms with Crippen molar-refractivity contribution in [2.24, 2.45) is 0 Å². The largest absolute Gasteiger partial charge is 0.484 e. The molecular formula is C13H17F2NO3. The van der Waals surface area contributed by atoms with E-state index in [0.717, 1.165) is 11.1 Å². The zero-order chi connectivity index (χ0) is 14.4. The number of carbonyl (C=O) groups excluding carboxylic acids is 1. The number of nitrogens with one attached hydrogen (secondary N) is 1. The maximum absolute atomic E-state index is 12.0. The van der Waals surface area contributed by atoms with Gasteiger partial charge in [0.25, 0.3) is 12.3 Å². The molecule has 0 aliphatic heterocycles. The quantitative estimate of drug-likeness (QED) is 0.824. The molecule has 0 radical (unpaired) electrons. The van der Waals surface area contributed by atoms with Gasteiger partial charge in [0.1, 0.15) is 11.9 Å². The highest BCUT2D eigenvalue weighted by Gasteiger charge is 2.17. The van der Waals surface area contributed by atoms with Gasteiger partial charge in [-0.2, -0.15) is 0 Å². The lowest BCUT2D eigenvalue weighted by molar-refractivity contribution is -0.124. The highest BCUT2D eigenvalue weighted by molar-refractivity contribution is 5.77. The van der Waals surface area contributed by atoms with Gasteiger partial charge in [0.15, 0.2) is 6.61 Å². The van der Waals surface area contributed by atoms with Crippen LogP contribution in [0.3, 0.4) is 0 Å². The van der Waals surface area contributed by atoms with Crippen LogP contribution >= 0.6 is 0 Å². The second kappa shape index (κ2) is 7.04. The molecule has 2 N–H and O–H groups in total. The summed E-state index contributed by atoms with van der Waals surface area (Å²) >= 11 is 0. The number of benzene rings is 1. The molecular weight excluding hydrogens is 256 g/mol. The minimum atomic E-state index is -2.87. The Bertz CT molecular complexity index is 438. The van der Waals surface area contributed by atoms with Crippen LogP contribution in [0.1, 0.15) is 11.1 Å². The highest BCUT2D eigenvalue weighted by Crippen LogP contribution is 2.16. The average Bonchev–Trinajstić information content (AvgIpc) is 2.37. The van der Waals surface area contributed by atoms with Gasteiger partial charge in [-0.1, -0.05) is 6.07 Å². The number of aryl methyl sites for hydroxylation is 2. The molecule has 0 fully saturated rings. The standard InChI is InChI=1S/C13H17F2NO3/c1-8-3-4-10(5-9(8)2)19-7-12(18)16-6-11(17)13(14)15/h3-5,11,13,17H,6-7H2,1-2H3,(H,16,18). The number of carbonyl (C=O) groups is 1. The van der Waals surface area contributed by atoms with Crippen molar-refractivity contribution in [3.63, 3.8) is 0 Å². The Labute approximate surface area is 110 Å². The van der Waals surface area contributed by atoms with Gasteiger partial charge in [-0.15, -0.1) is 0 Å². The van der Waals surface area contributed by atoms with E-state index in [1.165, 1.54) is 0 Å². The van der Waals surface area contributed by atoms with Crippen molar-refractivity contribution in [1.82, 2.24) is 5.32 Å². The summed E-state index contributed by atoms with van der Waals surface area (Å²) in [6.45, 7) is 3.10. The predicted octanol–water partition coefficient (Wildman–Crippen LogP) is 1.42. The summed E-state index contributed by atoms with van der Waals surface area (Å²) in [7, 11) is 0. The number of halogens is 2. The number of amides is 1. The first-order valence-corrected chi connectivity index (χ1v) is 5.83. The number of aliphatic hydroxyl groups excluding tert-OH is 1. The Morgan fingerprint density at radius 3 is 2.63 bits per heavy atom. The molecule has 0 bridgehead atoms. The molecule has 0 aliphatic rings. The van der Waals surface area contributed by atoms with E-state index >= 15 is 0 Å². The van der Waals surface area contributed by atoms with Gasteiger partial charge in [0, 0.05) is 6.54 Å². The van der Waals surface area contributed by atoms with E-state index in [9.17, 15) is 13.6 Å². The van der Waals surface area contributed by atoms with E-state index in [0.29, 0.717) is 5.75 Å². The second-order valence-corrected chi connectivity index (χ2v) is 4.24. The van der Waals surface area contributed by atoms with Crippen molar-refractivity contribution >= 4 is 5.91 Å². The SMILES string of the molecule is Cc1ccc(OCC(=O)NCC(O)C(F)F)cc1C. The molecule has 19 heavy (non-hydrogen) atoms. The van der Waals surface area contributed by atoms with Crippen molar-refractivity contribution in [2.45, 2.75) is 26.4 Å². The lowest BCUT2D eigenvalue weighted by atomic mass is 10.1. The molecule has 0 aliphatic carbocycles. The van der Waals surface area contributed by atoms with Crippen LogP contribution in [0.5, 0.6) is 5.75 Å². The molecule has 106 valence electrons. The molecule has 1 amide bonds. The van der Waals surface area contributed by atoms with Gasteiger partial charge in [-0.25, -0.2) is 8.78 Å². The van der Waals surface area contributed by atoms with Crippen molar-refractivity contribution < 1.29 is 23.4 Å². The molecule has 0 saturated heterocycles. The number of hydrogen-bond acceptors (Lipinski definition) is 3. The van der Waals surface area contributed by atoms with Crippen LogP contribution in [-0.2, 0) is 4.79 Å². The van der Waals surface area contributed by atoms with E-state index in [4.69, 9.17) is 9.84 Å². The third kappa shape index (κ3) is 5.21. The van der Waals surface area contributed by atoms with E-state index in [1.807, 2.05) is 19.9 Å². The average molecular weight is 273 g/mol. The third-order valence-electron chi connectivity index (χ3n) is 2.65. The third-order valence-corrected chi connectivity index (χ3v) is 2.65. The van der Waals surface area contributed by atoms with E-state index in [2.05, 4.69) is 5.32 Å². The predicted molar refractivity (Wildman–Crippen MR) is 66.4 cm³/mol. The fourth-order valence-corrected chi connectivity index (χ4v) is 1.31. The van der Waals surface area contributed by atoms with Gasteiger partial charge in [-0.05, 0) is 37.1 Å². The highest BCUT2D eigenvalue weighted by atomic mass is 19.3. The topological polar surface area (TPSA) is 58.6 Å². The maximum atomic E-state index is 12.0. The summed E-state index contributed by atoms with van der Waals surface area (Å²) < 4.78 is 29.2. The fraction of sp³-hybridized carbons (Fsp3) is 0.462. The van der Waals surface area contributed by atoms with Crippen LogP contribution in [0.25, 0.3) is 0 Å². The van der Waals surface area contributed by atoms with Crippen molar-refractivity contribution in [1.29, 1.82) is 0 Å². The number of alkyl halides is 2. The van der Waals surface area contributed by atoms with Gasteiger partial charge >= 0.3 is 0 Å². The summed E-state index contributed by atoms with van der Waals surface area (Å²) in [5, 5.41) is 11.0. The van der Waals surface area contributed by atoms with Crippen LogP contribution < -0.4 is 10.1 Å². The zero-order valence-corrected chi connectivity index (χ0v) is 10.8. The van der Waals surface area contributed by atoms with Crippen molar-refractivity contribution in [3.05, 3.63) is 29.3 Å². The summed E-state index contributed by atoms with van der Waals surface area (Å²) in [5.41, 5.74) is 2.14. The Morgan fingerprint density at radius 2 is 2.05 bits per heavy atom. The number of rotatable bonds is 6. The Kier molecular flexibility index (Phi) is 5.69. The first kappa shape index (κ1) is 15.4. The molecule has 1 rings (SSSR count). The molecule has 4 nitrogen and oxygen atoms in total. The summed E-state index contributed by atoms with van der Waals surface area (Å²) in [5.74, 6) is -0.0226. The van der Waals surface area contributed by atoms with Crippen LogP contribution in [0.15, 0.2) is 18.2 Å². The van der Waals surface area contributed by atoms with Crippen molar-refractivity contribution in [3.8, 4) is 5.75 Å². The van der Waals surface area contributed by atoms with Gasteiger partial charge in [0.2, 0.25) is 0 Å². The van der Waals surface area contributed by atoms with Crippen LogP contribution in [-0.4, -0.2) is 36.7 Å². The first-order chi connectivity index (χ1) is 8.90. The molecule has 0 aromatic heterocycles. The Balaban J connectivity index is 2.35. The molecule has 0 spiro atoms. The number of hydrogen-bond donors (Lipinski definition) is 2. The van der Waals surface area contributed by atoms with Crippen LogP contribution in [0, 0.1) is 13.8 Å². The molecule has 1 unspecified atom stereocenters. The molecule has 1 aromatic rings. The summed E-state index contributed by atoms with van der Waals surface area (Å²) in [6, 6.07) is 5.38. The Hall–Kier alpha value is -1.69. The normalized spacial score (nSPS) is 12.3. The number of aliphatic hydroxyl groups is 1. The van der Waals surface area contributed by atoms with Gasteiger partial charge < -0.3 is 15.2 Å². The van der Waals surface area contributed by atoms with Gasteiger partial charge in [0.05, 0.1) is 0 Å². The van der Waals surface area contributed by atoms with Crippen LogP contribution in [0.2, 0.25) is 0 Å². The van der Waals surface area contributed by atoms with E-state index in [1.54, 1.807) is 12.1 Å². The minimum absolute atomic E-state index is 0.279. The lowest BCUT2D eigenvalue weighted by Gasteiger charge is -2.11. The molecule has 1 aromatic carbocycles. The minimum Gasteiger partial charge on any atom is -0.484 e. The van der Waals surface area contributed by atoms with E-state index < -0.39 is 25.0 Å². The summed E-state index contributed by atoms with van der Waals surface area (Å²) in [6.07, 6.45) is -4.73. The molecule has 6 heteroatoms. The van der Waals surface area contributed by atoms with Crippen molar-refractivity contribution in [2.75, 3.05) is 13.2 Å². The lowest BCUT2D eigenvalue weighted by Crippen LogP contribution is -2.38. The fourth-order valence-electron chi connectivity index (χ4n) is 1.31. The molecule has 1 atom stereocenters. The van der Waals surface area contributed by atoms with Crippen LogP contribution in [0.4, 0.5) is 8.78 Å². The first-order valence-electron chi connectivity index (χ1n) is 5.83. The monoisotopic (exact) mass is 273 g/mol. The van der Waals surface area contributed by atoms with E-state index in [-0.39, 0.29) is 6.61 Å². The summed E-state index contributed by atoms with van der Waals surface area (Å²) in [4.78, 5) is 11.3. The smallest absolute Gasteiger partial charge is 0.265 e. The Morgan fingerprint density at radius 1 is 1.37 bits per heavy atom.